The molecule has 12 heavy (non-hydrogen) atoms. The molecule has 68 valence electrons. The fourth-order valence-corrected chi connectivity index (χ4v) is 0.526. The number of alkyl halides is 1. The number of esters is 1. The average molecular weight is 174 g/mol. The molecule has 0 aromatic carbocycles. The van der Waals surface area contributed by atoms with Crippen LogP contribution in [-0.2, 0) is 14.3 Å². The first-order valence-corrected chi connectivity index (χ1v) is 3.53. The zero-order valence-electron chi connectivity index (χ0n) is 6.88. The fourth-order valence-electron chi connectivity index (χ4n) is 0.526. The van der Waals surface area contributed by atoms with Crippen LogP contribution in [0.1, 0.15) is 13.3 Å². The van der Waals surface area contributed by atoms with Gasteiger partial charge >= 0.3 is 5.97 Å². The Balaban J connectivity index is 3.44. The van der Waals surface area contributed by atoms with Crippen LogP contribution in [0.5, 0.6) is 0 Å². The van der Waals surface area contributed by atoms with Crippen molar-refractivity contribution in [2.75, 3.05) is 13.3 Å². The molecule has 0 aliphatic rings. The minimum Gasteiger partial charge on any atom is -0.461 e. The van der Waals surface area contributed by atoms with Crippen LogP contribution in [-0.4, -0.2) is 25.0 Å². The quantitative estimate of drug-likeness (QED) is 0.355. The molecular formula is C8H11FO3. The molecule has 4 heteroatoms. The van der Waals surface area contributed by atoms with Gasteiger partial charge in [0, 0.05) is 0 Å². The summed E-state index contributed by atoms with van der Waals surface area (Å²) in [6.45, 7) is 0.749. The normalized spacial score (nSPS) is 10.2. The van der Waals surface area contributed by atoms with Crippen molar-refractivity contribution in [2.45, 2.75) is 13.3 Å². The van der Waals surface area contributed by atoms with E-state index in [4.69, 9.17) is 0 Å². The Morgan fingerprint density at radius 1 is 1.42 bits per heavy atom. The average Bonchev–Trinajstić information content (AvgIpc) is 1.97. The van der Waals surface area contributed by atoms with Gasteiger partial charge in [-0.3, -0.25) is 9.59 Å². The molecule has 0 bridgehead atoms. The number of allylic oxidation sites excluding steroid dienone is 1. The van der Waals surface area contributed by atoms with Crippen LogP contribution in [0.2, 0.25) is 0 Å². The predicted octanol–water partition coefficient (Wildman–Crippen LogP) is 1.03. The summed E-state index contributed by atoms with van der Waals surface area (Å²) < 4.78 is 16.0. The van der Waals surface area contributed by atoms with Crippen molar-refractivity contribution in [1.29, 1.82) is 0 Å². The first kappa shape index (κ1) is 10.8. The Labute approximate surface area is 70.2 Å². The lowest BCUT2D eigenvalue weighted by atomic mass is 10.3. The zero-order valence-corrected chi connectivity index (χ0v) is 6.88. The third kappa shape index (κ3) is 6.92. The summed E-state index contributed by atoms with van der Waals surface area (Å²) in [5.41, 5.74) is 0. The first-order chi connectivity index (χ1) is 5.66. The minimum atomic E-state index is -0.579. The molecule has 0 aromatic heterocycles. The largest absolute Gasteiger partial charge is 0.461 e. The molecule has 0 unspecified atom stereocenters. The summed E-state index contributed by atoms with van der Waals surface area (Å²) in [5.74, 6) is -0.819. The summed E-state index contributed by atoms with van der Waals surface area (Å²) in [4.78, 5) is 21.0. The molecular weight excluding hydrogens is 163 g/mol. The number of ketones is 1. The van der Waals surface area contributed by atoms with E-state index in [1.54, 1.807) is 0 Å². The van der Waals surface area contributed by atoms with E-state index in [1.165, 1.54) is 19.1 Å². The van der Waals surface area contributed by atoms with Gasteiger partial charge in [-0.05, 0) is 13.0 Å². The second-order valence-electron chi connectivity index (χ2n) is 2.19. The van der Waals surface area contributed by atoms with Gasteiger partial charge in [-0.25, -0.2) is 4.39 Å². The molecule has 0 N–H and O–H groups in total. The molecule has 0 radical (unpaired) electrons. The molecule has 0 amide bonds. The van der Waals surface area contributed by atoms with Crippen molar-refractivity contribution in [3.8, 4) is 0 Å². The number of Topliss-reactive ketones (excluding diaryl/α,β-unsaturated/α-hetero) is 1. The van der Waals surface area contributed by atoms with Gasteiger partial charge in [0.2, 0.25) is 0 Å². The summed E-state index contributed by atoms with van der Waals surface area (Å²) in [6, 6.07) is 0. The third-order valence-corrected chi connectivity index (χ3v) is 0.990. The van der Waals surface area contributed by atoms with Crippen molar-refractivity contribution in [2.24, 2.45) is 0 Å². The lowest BCUT2D eigenvalue weighted by Gasteiger charge is -1.97. The van der Waals surface area contributed by atoms with Crippen LogP contribution in [0.3, 0.4) is 0 Å². The number of carbonyl (C=O) groups excluding carboxylic acids is 2. The van der Waals surface area contributed by atoms with Crippen LogP contribution in [0.4, 0.5) is 4.39 Å². The number of hydrogen-bond acceptors (Lipinski definition) is 3. The zero-order chi connectivity index (χ0) is 9.40. The van der Waals surface area contributed by atoms with Gasteiger partial charge < -0.3 is 4.74 Å². The molecule has 0 heterocycles. The van der Waals surface area contributed by atoms with E-state index in [0.717, 1.165) is 0 Å². The molecule has 0 aliphatic heterocycles. The maximum absolute atomic E-state index is 11.4. The van der Waals surface area contributed by atoms with E-state index in [0.29, 0.717) is 0 Å². The number of rotatable bonds is 5. The molecule has 0 fully saturated rings. The highest BCUT2D eigenvalue weighted by Gasteiger charge is 2.03. The lowest BCUT2D eigenvalue weighted by Crippen LogP contribution is -2.08. The standard InChI is InChI=1S/C8H11FO3/c1-7(10)6-8(11)12-5-3-2-4-9/h2-3H,4-6H2,1H3. The molecule has 0 spiro atoms. The highest BCUT2D eigenvalue weighted by molar-refractivity contribution is 5.94. The molecule has 3 nitrogen and oxygen atoms in total. The number of halogens is 1. The molecule has 0 saturated heterocycles. The van der Waals surface area contributed by atoms with E-state index in [9.17, 15) is 14.0 Å². The summed E-state index contributed by atoms with van der Waals surface area (Å²) in [7, 11) is 0. The number of carbonyl (C=O) groups is 2. The van der Waals surface area contributed by atoms with Crippen molar-refractivity contribution in [3.63, 3.8) is 0 Å². The van der Waals surface area contributed by atoms with Crippen molar-refractivity contribution >= 4 is 11.8 Å². The van der Waals surface area contributed by atoms with E-state index < -0.39 is 12.6 Å². The molecule has 0 aliphatic carbocycles. The molecule has 0 aromatic rings. The fraction of sp³-hybridized carbons (Fsp3) is 0.500. The van der Waals surface area contributed by atoms with Crippen LogP contribution in [0.15, 0.2) is 12.2 Å². The van der Waals surface area contributed by atoms with Gasteiger partial charge in [-0.15, -0.1) is 0 Å². The number of ether oxygens (including phenoxy) is 1. The second-order valence-corrected chi connectivity index (χ2v) is 2.19. The Morgan fingerprint density at radius 3 is 2.58 bits per heavy atom. The maximum atomic E-state index is 11.4. The van der Waals surface area contributed by atoms with Gasteiger partial charge in [-0.2, -0.15) is 0 Å². The van der Waals surface area contributed by atoms with Crippen LogP contribution < -0.4 is 0 Å². The van der Waals surface area contributed by atoms with Gasteiger partial charge in [-0.1, -0.05) is 6.08 Å². The highest BCUT2D eigenvalue weighted by atomic mass is 19.1. The van der Waals surface area contributed by atoms with E-state index in [-0.39, 0.29) is 18.8 Å². The highest BCUT2D eigenvalue weighted by Crippen LogP contribution is 1.88. The van der Waals surface area contributed by atoms with Gasteiger partial charge in [0.1, 0.15) is 25.5 Å². The van der Waals surface area contributed by atoms with Gasteiger partial charge in [0.05, 0.1) is 0 Å². The molecule has 0 rings (SSSR count). The van der Waals surface area contributed by atoms with Crippen LogP contribution >= 0.6 is 0 Å². The van der Waals surface area contributed by atoms with Gasteiger partial charge in [0.15, 0.2) is 0 Å². The van der Waals surface area contributed by atoms with E-state index in [1.807, 2.05) is 0 Å². The van der Waals surface area contributed by atoms with Crippen LogP contribution in [0.25, 0.3) is 0 Å². The van der Waals surface area contributed by atoms with E-state index >= 15 is 0 Å². The van der Waals surface area contributed by atoms with E-state index in [2.05, 4.69) is 4.74 Å². The Morgan fingerprint density at radius 2 is 2.08 bits per heavy atom. The Bertz CT molecular complexity index is 187. The smallest absolute Gasteiger partial charge is 0.313 e. The summed E-state index contributed by atoms with van der Waals surface area (Å²) >= 11 is 0. The summed E-state index contributed by atoms with van der Waals surface area (Å²) in [5, 5.41) is 0. The van der Waals surface area contributed by atoms with Crippen molar-refractivity contribution in [3.05, 3.63) is 12.2 Å². The topological polar surface area (TPSA) is 43.4 Å². The van der Waals surface area contributed by atoms with Crippen molar-refractivity contribution < 1.29 is 18.7 Å². The SMILES string of the molecule is CC(=O)CC(=O)OCC=CCF. The van der Waals surface area contributed by atoms with Crippen LogP contribution in [0, 0.1) is 0 Å². The minimum absolute atomic E-state index is 0.0238. The first-order valence-electron chi connectivity index (χ1n) is 3.53. The maximum Gasteiger partial charge on any atom is 0.313 e. The van der Waals surface area contributed by atoms with Gasteiger partial charge in [0.25, 0.3) is 0 Å². The lowest BCUT2D eigenvalue weighted by molar-refractivity contribution is -0.144. The number of hydrogen-bond donors (Lipinski definition) is 0. The second kappa shape index (κ2) is 6.52. The monoisotopic (exact) mass is 174 g/mol. The van der Waals surface area contributed by atoms with Crippen molar-refractivity contribution in [1.82, 2.24) is 0 Å². The third-order valence-electron chi connectivity index (χ3n) is 0.990. The Kier molecular flexibility index (Phi) is 5.87. The Hall–Kier alpha value is -1.19. The molecule has 0 saturated carbocycles. The predicted molar refractivity (Wildman–Crippen MR) is 41.4 cm³/mol. The molecule has 0 atom stereocenters. The summed E-state index contributed by atoms with van der Waals surface area (Å²) in [6.07, 6.45) is 2.41.